The molecule has 0 aliphatic carbocycles. The molecule has 2 atom stereocenters. The van der Waals surface area contributed by atoms with Gasteiger partial charge in [0, 0.05) is 31.8 Å². The van der Waals surface area contributed by atoms with Crippen LogP contribution in [0.4, 0.5) is 10.8 Å². The van der Waals surface area contributed by atoms with Crippen molar-refractivity contribution in [3.63, 3.8) is 0 Å². The zero-order chi connectivity index (χ0) is 22.5. The van der Waals surface area contributed by atoms with Crippen LogP contribution < -0.4 is 15.5 Å². The lowest BCUT2D eigenvalue weighted by Crippen LogP contribution is -2.32. The topological polar surface area (TPSA) is 114 Å². The van der Waals surface area contributed by atoms with E-state index in [1.165, 1.54) is 23.1 Å². The SMILES string of the molecule is Cc1ccc(N2C[C@H](C(=O)Nc3nnc(SCC(=O)NC[C@H]4CCCO4)s3)CC2=O)cc1. The number of aryl methyl sites for hydroxylation is 1. The normalized spacial score (nSPS) is 20.5. The standard InChI is InChI=1S/C21H25N5O4S2/c1-13-4-6-15(7-5-13)26-11-14(9-18(26)28)19(29)23-20-24-25-21(32-20)31-12-17(27)22-10-16-3-2-8-30-16/h4-7,14,16H,2-3,8-12H2,1H3,(H,22,27)(H,23,24,29)/t14-,16-/m1/s1. The number of carbonyl (C=O) groups is 3. The van der Waals surface area contributed by atoms with Crippen molar-refractivity contribution in [3.05, 3.63) is 29.8 Å². The summed E-state index contributed by atoms with van der Waals surface area (Å²) in [6.45, 7) is 3.60. The lowest BCUT2D eigenvalue weighted by atomic mass is 10.1. The number of thioether (sulfide) groups is 1. The molecule has 4 rings (SSSR count). The first-order valence-electron chi connectivity index (χ1n) is 10.5. The van der Waals surface area contributed by atoms with E-state index in [0.717, 1.165) is 30.7 Å². The zero-order valence-electron chi connectivity index (χ0n) is 17.7. The van der Waals surface area contributed by atoms with Gasteiger partial charge in [-0.3, -0.25) is 14.4 Å². The van der Waals surface area contributed by atoms with Crippen molar-refractivity contribution in [2.75, 3.05) is 35.7 Å². The zero-order valence-corrected chi connectivity index (χ0v) is 19.3. The maximum Gasteiger partial charge on any atom is 0.231 e. The van der Waals surface area contributed by atoms with Crippen molar-refractivity contribution in [1.82, 2.24) is 15.5 Å². The highest BCUT2D eigenvalue weighted by atomic mass is 32.2. The highest BCUT2D eigenvalue weighted by Gasteiger charge is 2.35. The predicted octanol–water partition coefficient (Wildman–Crippen LogP) is 2.23. The monoisotopic (exact) mass is 475 g/mol. The second kappa shape index (κ2) is 10.4. The van der Waals surface area contributed by atoms with Gasteiger partial charge in [0.1, 0.15) is 0 Å². The minimum absolute atomic E-state index is 0.0727. The summed E-state index contributed by atoms with van der Waals surface area (Å²) >= 11 is 2.48. The number of amides is 3. The number of anilines is 2. The minimum Gasteiger partial charge on any atom is -0.376 e. The van der Waals surface area contributed by atoms with Crippen LogP contribution >= 0.6 is 23.1 Å². The quantitative estimate of drug-likeness (QED) is 0.445. The minimum atomic E-state index is -0.451. The Kier molecular flexibility index (Phi) is 7.38. The van der Waals surface area contributed by atoms with Crippen molar-refractivity contribution in [2.24, 2.45) is 5.92 Å². The number of carbonyl (C=O) groups excluding carboxylic acids is 3. The van der Waals surface area contributed by atoms with Crippen LogP contribution in [0.15, 0.2) is 28.6 Å². The first-order valence-corrected chi connectivity index (χ1v) is 12.3. The third-order valence-corrected chi connectivity index (χ3v) is 7.33. The molecule has 2 saturated heterocycles. The molecule has 2 aromatic rings. The molecule has 0 radical (unpaired) electrons. The van der Waals surface area contributed by atoms with Crippen molar-refractivity contribution >= 4 is 51.6 Å². The van der Waals surface area contributed by atoms with E-state index in [1.54, 1.807) is 4.90 Å². The summed E-state index contributed by atoms with van der Waals surface area (Å²) in [5, 5.41) is 14.0. The molecule has 0 saturated carbocycles. The molecule has 0 spiro atoms. The molecule has 3 heterocycles. The Morgan fingerprint density at radius 2 is 2.09 bits per heavy atom. The number of rotatable bonds is 8. The van der Waals surface area contributed by atoms with Crippen molar-refractivity contribution in [2.45, 2.75) is 36.6 Å². The Hall–Kier alpha value is -2.50. The Morgan fingerprint density at radius 1 is 1.28 bits per heavy atom. The summed E-state index contributed by atoms with van der Waals surface area (Å²) in [6, 6.07) is 7.66. The number of hydrogen-bond acceptors (Lipinski definition) is 8. The van der Waals surface area contributed by atoms with Gasteiger partial charge in [0.15, 0.2) is 4.34 Å². The van der Waals surface area contributed by atoms with E-state index in [-0.39, 0.29) is 36.0 Å². The number of aromatic nitrogens is 2. The van der Waals surface area contributed by atoms with Crippen LogP contribution in [0.1, 0.15) is 24.8 Å². The van der Waals surface area contributed by atoms with Gasteiger partial charge in [-0.25, -0.2) is 0 Å². The molecule has 32 heavy (non-hydrogen) atoms. The average Bonchev–Trinajstić information content (AvgIpc) is 3.53. The molecule has 1 aromatic heterocycles. The van der Waals surface area contributed by atoms with Gasteiger partial charge in [0.05, 0.1) is 17.8 Å². The Bertz CT molecular complexity index is 975. The Balaban J connectivity index is 1.23. The second-order valence-electron chi connectivity index (χ2n) is 7.83. The number of benzene rings is 1. The maximum absolute atomic E-state index is 12.6. The van der Waals surface area contributed by atoms with E-state index in [1.807, 2.05) is 31.2 Å². The van der Waals surface area contributed by atoms with Gasteiger partial charge in [0.2, 0.25) is 22.9 Å². The molecular weight excluding hydrogens is 450 g/mol. The van der Waals surface area contributed by atoms with Gasteiger partial charge in [0.25, 0.3) is 0 Å². The van der Waals surface area contributed by atoms with E-state index in [4.69, 9.17) is 4.74 Å². The van der Waals surface area contributed by atoms with E-state index in [2.05, 4.69) is 20.8 Å². The van der Waals surface area contributed by atoms with Crippen LogP contribution in [0, 0.1) is 12.8 Å². The molecule has 0 unspecified atom stereocenters. The highest BCUT2D eigenvalue weighted by Crippen LogP contribution is 2.28. The van der Waals surface area contributed by atoms with Crippen LogP contribution in [0.25, 0.3) is 0 Å². The lowest BCUT2D eigenvalue weighted by Gasteiger charge is -2.16. The predicted molar refractivity (Wildman–Crippen MR) is 123 cm³/mol. The smallest absolute Gasteiger partial charge is 0.231 e. The third-order valence-electron chi connectivity index (χ3n) is 5.36. The van der Waals surface area contributed by atoms with Crippen molar-refractivity contribution in [3.8, 4) is 0 Å². The summed E-state index contributed by atoms with van der Waals surface area (Å²) in [4.78, 5) is 38.7. The highest BCUT2D eigenvalue weighted by molar-refractivity contribution is 8.01. The van der Waals surface area contributed by atoms with Crippen molar-refractivity contribution in [1.29, 1.82) is 0 Å². The van der Waals surface area contributed by atoms with Gasteiger partial charge in [-0.1, -0.05) is 40.8 Å². The molecular formula is C21H25N5O4S2. The molecule has 3 amide bonds. The van der Waals surface area contributed by atoms with Crippen LogP contribution in [-0.4, -0.2) is 59.5 Å². The van der Waals surface area contributed by atoms with Crippen molar-refractivity contribution < 1.29 is 19.1 Å². The summed E-state index contributed by atoms with van der Waals surface area (Å²) in [5.74, 6) is -0.649. The van der Waals surface area contributed by atoms with E-state index in [0.29, 0.717) is 22.6 Å². The molecule has 2 aliphatic heterocycles. The Morgan fingerprint density at radius 3 is 2.84 bits per heavy atom. The molecule has 2 aliphatic rings. The van der Waals surface area contributed by atoms with Gasteiger partial charge in [-0.15, -0.1) is 10.2 Å². The lowest BCUT2D eigenvalue weighted by molar-refractivity contribution is -0.122. The first-order chi connectivity index (χ1) is 15.5. The van der Waals surface area contributed by atoms with Gasteiger partial charge >= 0.3 is 0 Å². The summed E-state index contributed by atoms with van der Waals surface area (Å²) in [6.07, 6.45) is 2.28. The third kappa shape index (κ3) is 5.84. The fourth-order valence-corrected chi connectivity index (χ4v) is 5.18. The number of hydrogen-bond donors (Lipinski definition) is 2. The molecule has 170 valence electrons. The molecule has 2 fully saturated rings. The maximum atomic E-state index is 12.6. The fraction of sp³-hybridized carbons (Fsp3) is 0.476. The summed E-state index contributed by atoms with van der Waals surface area (Å²) < 4.78 is 6.08. The molecule has 0 bridgehead atoms. The Labute approximate surface area is 194 Å². The van der Waals surface area contributed by atoms with Crippen LogP contribution in [0.2, 0.25) is 0 Å². The average molecular weight is 476 g/mol. The van der Waals surface area contributed by atoms with E-state index >= 15 is 0 Å². The summed E-state index contributed by atoms with van der Waals surface area (Å²) in [5.41, 5.74) is 1.91. The fourth-order valence-electron chi connectivity index (χ4n) is 3.59. The van der Waals surface area contributed by atoms with Gasteiger partial charge in [-0.2, -0.15) is 0 Å². The number of nitrogens with one attached hydrogen (secondary N) is 2. The molecule has 9 nitrogen and oxygen atoms in total. The van der Waals surface area contributed by atoms with E-state index in [9.17, 15) is 14.4 Å². The number of nitrogens with zero attached hydrogens (tertiary/aromatic N) is 3. The van der Waals surface area contributed by atoms with Crippen LogP contribution in [-0.2, 0) is 19.1 Å². The van der Waals surface area contributed by atoms with Crippen LogP contribution in [0.3, 0.4) is 0 Å². The molecule has 1 aromatic carbocycles. The largest absolute Gasteiger partial charge is 0.376 e. The second-order valence-corrected chi connectivity index (χ2v) is 10.0. The van der Waals surface area contributed by atoms with Crippen LogP contribution in [0.5, 0.6) is 0 Å². The van der Waals surface area contributed by atoms with Gasteiger partial charge in [-0.05, 0) is 31.9 Å². The summed E-state index contributed by atoms with van der Waals surface area (Å²) in [7, 11) is 0. The first kappa shape index (κ1) is 22.7. The number of ether oxygens (including phenoxy) is 1. The molecule has 2 N–H and O–H groups in total. The molecule has 11 heteroatoms. The van der Waals surface area contributed by atoms with Gasteiger partial charge < -0.3 is 20.3 Å². The van der Waals surface area contributed by atoms with E-state index < -0.39 is 5.92 Å².